The van der Waals surface area contributed by atoms with Gasteiger partial charge in [-0.25, -0.2) is 0 Å². The van der Waals surface area contributed by atoms with Crippen molar-refractivity contribution in [3.8, 4) is 0 Å². The van der Waals surface area contributed by atoms with E-state index in [0.717, 1.165) is 35.1 Å². The maximum atomic E-state index is 6.45. The van der Waals surface area contributed by atoms with Crippen molar-refractivity contribution in [3.63, 3.8) is 0 Å². The van der Waals surface area contributed by atoms with Gasteiger partial charge in [0.1, 0.15) is 5.76 Å². The minimum atomic E-state index is 0.168. The number of nitrogens with zero attached hydrogens (tertiary/aromatic N) is 1. The number of benzene rings is 1. The molecule has 2 nitrogen and oxygen atoms in total. The SMILES string of the molecule is Cc1ccccc1N1Cc2oc3sccc3c2C12C1CC3CC(C1)CC2C3. The van der Waals surface area contributed by atoms with Gasteiger partial charge < -0.3 is 9.32 Å². The van der Waals surface area contributed by atoms with Crippen LogP contribution in [0.2, 0.25) is 0 Å². The van der Waals surface area contributed by atoms with Crippen molar-refractivity contribution >= 4 is 27.3 Å². The van der Waals surface area contributed by atoms with Crippen LogP contribution in [0.25, 0.3) is 10.3 Å². The number of aryl methyl sites for hydroxylation is 1. The molecule has 1 aliphatic heterocycles. The number of rotatable bonds is 1. The highest BCUT2D eigenvalue weighted by Crippen LogP contribution is 2.68. The van der Waals surface area contributed by atoms with Crippen LogP contribution in [-0.2, 0) is 12.1 Å². The molecule has 0 N–H and O–H groups in total. The first-order valence-electron chi connectivity index (χ1n) is 10.6. The van der Waals surface area contributed by atoms with Crippen LogP contribution in [0.3, 0.4) is 0 Å². The Kier molecular flexibility index (Phi) is 2.81. The Balaban J connectivity index is 1.52. The van der Waals surface area contributed by atoms with E-state index in [1.165, 1.54) is 54.5 Å². The van der Waals surface area contributed by atoms with Gasteiger partial charge in [0.2, 0.25) is 0 Å². The zero-order valence-electron chi connectivity index (χ0n) is 15.8. The van der Waals surface area contributed by atoms with Crippen molar-refractivity contribution in [1.29, 1.82) is 0 Å². The fourth-order valence-electron chi connectivity index (χ4n) is 7.74. The van der Waals surface area contributed by atoms with Gasteiger partial charge in [-0.05, 0) is 85.8 Å². The molecule has 4 bridgehead atoms. The molecule has 3 heteroatoms. The molecule has 0 atom stereocenters. The average Bonchev–Trinajstić information content (AvgIpc) is 3.30. The summed E-state index contributed by atoms with van der Waals surface area (Å²) in [4.78, 5) is 3.94. The van der Waals surface area contributed by atoms with E-state index in [1.807, 2.05) is 0 Å². The first-order valence-corrected chi connectivity index (χ1v) is 11.5. The van der Waals surface area contributed by atoms with Crippen LogP contribution in [0.1, 0.15) is 49.0 Å². The number of thiophene rings is 1. The number of hydrogen-bond acceptors (Lipinski definition) is 3. The van der Waals surface area contributed by atoms with Crippen molar-refractivity contribution in [3.05, 3.63) is 52.6 Å². The van der Waals surface area contributed by atoms with Gasteiger partial charge in [-0.1, -0.05) is 18.2 Å². The number of para-hydroxylation sites is 1. The second kappa shape index (κ2) is 5.00. The second-order valence-corrected chi connectivity index (χ2v) is 10.4. The molecule has 27 heavy (non-hydrogen) atoms. The van der Waals surface area contributed by atoms with E-state index in [0.29, 0.717) is 0 Å². The molecule has 4 saturated carbocycles. The summed E-state index contributed by atoms with van der Waals surface area (Å²) in [7, 11) is 0. The minimum absolute atomic E-state index is 0.168. The molecule has 0 radical (unpaired) electrons. The van der Waals surface area contributed by atoms with Gasteiger partial charge in [-0.15, -0.1) is 11.3 Å². The highest BCUT2D eigenvalue weighted by atomic mass is 32.1. The first kappa shape index (κ1) is 15.2. The van der Waals surface area contributed by atoms with Gasteiger partial charge in [0.25, 0.3) is 0 Å². The molecule has 3 aromatic rings. The van der Waals surface area contributed by atoms with Crippen LogP contribution in [0.5, 0.6) is 0 Å². The largest absolute Gasteiger partial charge is 0.448 e. The molecule has 138 valence electrons. The minimum Gasteiger partial charge on any atom is -0.448 e. The smallest absolute Gasteiger partial charge is 0.188 e. The lowest BCUT2D eigenvalue weighted by atomic mass is 9.47. The van der Waals surface area contributed by atoms with Crippen LogP contribution in [-0.4, -0.2) is 0 Å². The fraction of sp³-hybridized carbons (Fsp3) is 0.500. The summed E-state index contributed by atoms with van der Waals surface area (Å²) in [5.74, 6) is 4.79. The molecule has 1 spiro atoms. The molecular weight excluding hydrogens is 350 g/mol. The Morgan fingerprint density at radius 3 is 2.48 bits per heavy atom. The molecule has 4 aliphatic carbocycles. The molecule has 5 aliphatic rings. The van der Waals surface area contributed by atoms with Gasteiger partial charge in [0.15, 0.2) is 4.90 Å². The monoisotopic (exact) mass is 375 g/mol. The standard InChI is InChI=1S/C24H25NOS/c1-14-4-2-3-5-20(14)25-13-21-22(19-6-7-27-23(19)26-21)24(25)17-9-15-8-16(11-17)12-18(24)10-15/h2-7,15-18H,8-13H2,1H3. The molecule has 0 unspecified atom stereocenters. The van der Waals surface area contributed by atoms with Crippen LogP contribution < -0.4 is 4.90 Å². The van der Waals surface area contributed by atoms with Gasteiger partial charge in [-0.2, -0.15) is 0 Å². The zero-order chi connectivity index (χ0) is 17.8. The normalized spacial score (nSPS) is 36.3. The Bertz CT molecular complexity index is 1030. The molecular formula is C24H25NOS. The zero-order valence-corrected chi connectivity index (χ0v) is 16.6. The van der Waals surface area contributed by atoms with E-state index in [9.17, 15) is 0 Å². The Labute approximate surface area is 164 Å². The maximum Gasteiger partial charge on any atom is 0.188 e. The lowest BCUT2D eigenvalue weighted by Gasteiger charge is -2.63. The molecule has 8 rings (SSSR count). The Hall–Kier alpha value is -1.74. The second-order valence-electron chi connectivity index (χ2n) is 9.52. The third-order valence-corrected chi connectivity index (χ3v) is 9.12. The molecule has 1 aromatic carbocycles. The maximum absolute atomic E-state index is 6.45. The average molecular weight is 376 g/mol. The summed E-state index contributed by atoms with van der Waals surface area (Å²) in [5, 5.41) is 3.63. The van der Waals surface area contributed by atoms with Gasteiger partial charge in [0, 0.05) is 16.6 Å². The summed E-state index contributed by atoms with van der Waals surface area (Å²) >= 11 is 1.77. The van der Waals surface area contributed by atoms with Gasteiger partial charge >= 0.3 is 0 Å². The predicted molar refractivity (Wildman–Crippen MR) is 110 cm³/mol. The third-order valence-electron chi connectivity index (χ3n) is 8.33. The van der Waals surface area contributed by atoms with Crippen molar-refractivity contribution in [2.45, 2.75) is 51.1 Å². The van der Waals surface area contributed by atoms with E-state index < -0.39 is 0 Å². The number of hydrogen-bond donors (Lipinski definition) is 0. The highest BCUT2D eigenvalue weighted by molar-refractivity contribution is 7.16. The Morgan fingerprint density at radius 1 is 1.00 bits per heavy atom. The Morgan fingerprint density at radius 2 is 1.74 bits per heavy atom. The number of fused-ring (bicyclic) bond motifs is 3. The van der Waals surface area contributed by atoms with Gasteiger partial charge in [-0.3, -0.25) is 0 Å². The lowest BCUT2D eigenvalue weighted by Crippen LogP contribution is -2.61. The van der Waals surface area contributed by atoms with Crippen LogP contribution in [0, 0.1) is 30.6 Å². The van der Waals surface area contributed by atoms with Crippen LogP contribution >= 0.6 is 11.3 Å². The fourth-order valence-corrected chi connectivity index (χ4v) is 8.51. The van der Waals surface area contributed by atoms with E-state index >= 15 is 0 Å². The summed E-state index contributed by atoms with van der Waals surface area (Å²) in [5.41, 5.74) is 4.58. The van der Waals surface area contributed by atoms with Crippen molar-refractivity contribution in [2.24, 2.45) is 23.7 Å². The lowest BCUT2D eigenvalue weighted by molar-refractivity contribution is -0.0581. The molecule has 0 saturated heterocycles. The summed E-state index contributed by atoms with van der Waals surface area (Å²) in [6, 6.07) is 11.3. The van der Waals surface area contributed by atoms with Crippen molar-refractivity contribution in [2.75, 3.05) is 4.90 Å². The van der Waals surface area contributed by atoms with E-state index in [4.69, 9.17) is 4.42 Å². The topological polar surface area (TPSA) is 16.4 Å². The summed E-state index contributed by atoms with van der Waals surface area (Å²) in [6.45, 7) is 3.23. The van der Waals surface area contributed by atoms with E-state index in [1.54, 1.807) is 16.9 Å². The van der Waals surface area contributed by atoms with Crippen LogP contribution in [0.4, 0.5) is 5.69 Å². The third kappa shape index (κ3) is 1.73. The van der Waals surface area contributed by atoms with Crippen LogP contribution in [0.15, 0.2) is 40.1 Å². The molecule has 2 aromatic heterocycles. The van der Waals surface area contributed by atoms with Crippen molar-refractivity contribution in [1.82, 2.24) is 0 Å². The van der Waals surface area contributed by atoms with E-state index in [-0.39, 0.29) is 5.54 Å². The van der Waals surface area contributed by atoms with Gasteiger partial charge in [0.05, 0.1) is 12.1 Å². The summed E-state index contributed by atoms with van der Waals surface area (Å²) < 4.78 is 6.45. The highest BCUT2D eigenvalue weighted by Gasteiger charge is 2.64. The van der Waals surface area contributed by atoms with Crippen molar-refractivity contribution < 1.29 is 4.42 Å². The van der Waals surface area contributed by atoms with E-state index in [2.05, 4.69) is 47.5 Å². The number of furan rings is 1. The quantitative estimate of drug-likeness (QED) is 0.484. The molecule has 3 heterocycles. The first-order chi connectivity index (χ1) is 13.2. The molecule has 4 fully saturated rings. The predicted octanol–water partition coefficient (Wildman–Crippen LogP) is 6.47. The summed E-state index contributed by atoms with van der Waals surface area (Å²) in [6.07, 6.45) is 7.19. The number of anilines is 1. The molecule has 0 amide bonds.